The lowest BCUT2D eigenvalue weighted by atomic mass is 10.0. The molecule has 0 aliphatic carbocycles. The van der Waals surface area contributed by atoms with Crippen LogP contribution in [0.15, 0.2) is 146 Å². The minimum absolute atomic E-state index is 0.294. The average Bonchev–Trinajstić information content (AvgIpc) is 3.40. The van der Waals surface area contributed by atoms with E-state index in [2.05, 4.69) is 51.6 Å². The van der Waals surface area contributed by atoms with Crippen molar-refractivity contribution < 1.29 is 4.79 Å². The summed E-state index contributed by atoms with van der Waals surface area (Å²) in [6, 6.07) is 47.7. The quantitative estimate of drug-likeness (QED) is 0.238. The number of carbonyl (C=O) groups excluding carboxylic acids is 1. The molecular formula is C34H26N4O. The molecule has 188 valence electrons. The van der Waals surface area contributed by atoms with Crippen molar-refractivity contribution in [1.82, 2.24) is 9.55 Å². The van der Waals surface area contributed by atoms with E-state index in [9.17, 15) is 4.79 Å². The number of rotatable bonds is 6. The van der Waals surface area contributed by atoms with Crippen molar-refractivity contribution in [3.8, 4) is 39.6 Å². The van der Waals surface area contributed by atoms with Gasteiger partial charge in [0, 0.05) is 33.8 Å². The van der Waals surface area contributed by atoms with E-state index in [1.54, 1.807) is 0 Å². The summed E-state index contributed by atoms with van der Waals surface area (Å²) in [4.78, 5) is 17.7. The van der Waals surface area contributed by atoms with E-state index >= 15 is 0 Å². The molecule has 0 spiro atoms. The number of carbonyl (C=O) groups is 1. The summed E-state index contributed by atoms with van der Waals surface area (Å²) in [7, 11) is 0. The Morgan fingerprint density at radius 3 is 1.54 bits per heavy atom. The fourth-order valence-corrected chi connectivity index (χ4v) is 4.62. The lowest BCUT2D eigenvalue weighted by Gasteiger charge is -2.15. The topological polar surface area (TPSA) is 59.0 Å². The zero-order valence-electron chi connectivity index (χ0n) is 21.2. The second-order valence-corrected chi connectivity index (χ2v) is 9.06. The first-order chi connectivity index (χ1) is 19.3. The van der Waals surface area contributed by atoms with Crippen molar-refractivity contribution in [2.45, 2.75) is 0 Å². The molecule has 6 aromatic rings. The molecule has 2 N–H and O–H groups in total. The van der Waals surface area contributed by atoms with E-state index in [0.717, 1.165) is 45.3 Å². The standard InChI is InChI=1S/C34H26N4O/c39-34(35-28-19-11-4-12-20-28)36-29-21-23-30(24-22-29)38-32(26-15-7-2-8-16-26)31(25-13-5-1-6-14-25)37-33(38)27-17-9-3-10-18-27/h1-24H,(H2,35,36,39). The number of nitrogens with one attached hydrogen (secondary N) is 2. The highest BCUT2D eigenvalue weighted by molar-refractivity contribution is 5.99. The zero-order chi connectivity index (χ0) is 26.4. The number of anilines is 2. The second kappa shape index (κ2) is 10.9. The first-order valence-electron chi connectivity index (χ1n) is 12.8. The van der Waals surface area contributed by atoms with Gasteiger partial charge in [-0.1, -0.05) is 109 Å². The van der Waals surface area contributed by atoms with Crippen LogP contribution in [-0.2, 0) is 0 Å². The van der Waals surface area contributed by atoms with Gasteiger partial charge in [-0.2, -0.15) is 0 Å². The Labute approximate surface area is 227 Å². The van der Waals surface area contributed by atoms with Crippen LogP contribution < -0.4 is 10.6 Å². The summed E-state index contributed by atoms with van der Waals surface area (Å²) in [5.74, 6) is 0.843. The molecule has 0 unspecified atom stereocenters. The van der Waals surface area contributed by atoms with Gasteiger partial charge in [0.1, 0.15) is 5.82 Å². The fraction of sp³-hybridized carbons (Fsp3) is 0. The number of hydrogen-bond donors (Lipinski definition) is 2. The highest BCUT2D eigenvalue weighted by Crippen LogP contribution is 2.38. The van der Waals surface area contributed by atoms with Gasteiger partial charge in [-0.25, -0.2) is 9.78 Å². The Bertz CT molecular complexity index is 1680. The minimum Gasteiger partial charge on any atom is -0.308 e. The number of benzene rings is 5. The zero-order valence-corrected chi connectivity index (χ0v) is 21.2. The molecule has 0 aliphatic heterocycles. The molecule has 0 bridgehead atoms. The van der Waals surface area contributed by atoms with Gasteiger partial charge in [-0.05, 0) is 36.4 Å². The van der Waals surface area contributed by atoms with Crippen LogP contribution in [0.3, 0.4) is 0 Å². The number of imidazole rings is 1. The van der Waals surface area contributed by atoms with Gasteiger partial charge in [0.2, 0.25) is 0 Å². The van der Waals surface area contributed by atoms with Crippen molar-refractivity contribution in [2.24, 2.45) is 0 Å². The van der Waals surface area contributed by atoms with Crippen LogP contribution >= 0.6 is 0 Å². The van der Waals surface area contributed by atoms with Crippen LogP contribution in [0.2, 0.25) is 0 Å². The van der Waals surface area contributed by atoms with Crippen LogP contribution in [0.25, 0.3) is 39.6 Å². The highest BCUT2D eigenvalue weighted by atomic mass is 16.2. The van der Waals surface area contributed by atoms with Crippen molar-refractivity contribution in [3.05, 3.63) is 146 Å². The Balaban J connectivity index is 1.44. The Morgan fingerprint density at radius 1 is 0.513 bits per heavy atom. The third kappa shape index (κ3) is 5.20. The molecule has 1 aromatic heterocycles. The van der Waals surface area contributed by atoms with Gasteiger partial charge in [-0.15, -0.1) is 0 Å². The summed E-state index contributed by atoms with van der Waals surface area (Å²) in [5.41, 5.74) is 7.40. The first kappa shape index (κ1) is 23.9. The first-order valence-corrected chi connectivity index (χ1v) is 12.8. The van der Waals surface area contributed by atoms with Crippen molar-refractivity contribution in [3.63, 3.8) is 0 Å². The maximum atomic E-state index is 12.5. The van der Waals surface area contributed by atoms with E-state index < -0.39 is 0 Å². The summed E-state index contributed by atoms with van der Waals surface area (Å²) < 4.78 is 2.20. The number of aromatic nitrogens is 2. The van der Waals surface area contributed by atoms with Gasteiger partial charge >= 0.3 is 6.03 Å². The highest BCUT2D eigenvalue weighted by Gasteiger charge is 2.22. The predicted octanol–water partition coefficient (Wildman–Crippen LogP) is 8.52. The summed E-state index contributed by atoms with van der Waals surface area (Å²) in [6.07, 6.45) is 0. The molecule has 0 aliphatic rings. The summed E-state index contributed by atoms with van der Waals surface area (Å²) in [5, 5.41) is 5.77. The van der Waals surface area contributed by atoms with Gasteiger partial charge in [0.15, 0.2) is 0 Å². The summed E-state index contributed by atoms with van der Waals surface area (Å²) >= 11 is 0. The normalized spacial score (nSPS) is 10.7. The maximum absolute atomic E-state index is 12.5. The number of para-hydroxylation sites is 1. The molecule has 5 nitrogen and oxygen atoms in total. The van der Waals surface area contributed by atoms with E-state index in [4.69, 9.17) is 4.98 Å². The molecule has 0 saturated heterocycles. The molecule has 0 radical (unpaired) electrons. The fourth-order valence-electron chi connectivity index (χ4n) is 4.62. The van der Waals surface area contributed by atoms with E-state index in [1.165, 1.54) is 0 Å². The van der Waals surface area contributed by atoms with Crippen LogP contribution in [0, 0.1) is 0 Å². The lowest BCUT2D eigenvalue weighted by Crippen LogP contribution is -2.19. The molecule has 6 rings (SSSR count). The number of amides is 2. The maximum Gasteiger partial charge on any atom is 0.323 e. The van der Waals surface area contributed by atoms with Gasteiger partial charge in [0.05, 0.1) is 11.4 Å². The monoisotopic (exact) mass is 506 g/mol. The molecule has 0 atom stereocenters. The molecule has 2 amide bonds. The largest absolute Gasteiger partial charge is 0.323 e. The molecular weight excluding hydrogens is 480 g/mol. The molecule has 0 fully saturated rings. The number of hydrogen-bond acceptors (Lipinski definition) is 2. The molecule has 5 heteroatoms. The van der Waals surface area contributed by atoms with E-state index in [0.29, 0.717) is 5.69 Å². The molecule has 5 aromatic carbocycles. The van der Waals surface area contributed by atoms with Crippen LogP contribution in [0.1, 0.15) is 0 Å². The van der Waals surface area contributed by atoms with Crippen molar-refractivity contribution in [2.75, 3.05) is 10.6 Å². The SMILES string of the molecule is O=C(Nc1ccccc1)Nc1ccc(-n2c(-c3ccccc3)nc(-c3ccccc3)c2-c2ccccc2)cc1. The molecule has 0 saturated carbocycles. The van der Waals surface area contributed by atoms with E-state index in [-0.39, 0.29) is 6.03 Å². The number of urea groups is 1. The van der Waals surface area contributed by atoms with Crippen LogP contribution in [0.4, 0.5) is 16.2 Å². The Morgan fingerprint density at radius 2 is 0.974 bits per heavy atom. The Kier molecular flexibility index (Phi) is 6.70. The van der Waals surface area contributed by atoms with Gasteiger partial charge in [0.25, 0.3) is 0 Å². The lowest BCUT2D eigenvalue weighted by molar-refractivity contribution is 0.262. The predicted molar refractivity (Wildman–Crippen MR) is 159 cm³/mol. The second-order valence-electron chi connectivity index (χ2n) is 9.06. The minimum atomic E-state index is -0.294. The number of nitrogens with zero attached hydrogens (tertiary/aromatic N) is 2. The third-order valence-corrected chi connectivity index (χ3v) is 6.42. The van der Waals surface area contributed by atoms with Crippen LogP contribution in [0.5, 0.6) is 0 Å². The smallest absolute Gasteiger partial charge is 0.308 e. The van der Waals surface area contributed by atoms with Crippen molar-refractivity contribution in [1.29, 1.82) is 0 Å². The van der Waals surface area contributed by atoms with Gasteiger partial charge in [-0.3, -0.25) is 4.57 Å². The summed E-state index contributed by atoms with van der Waals surface area (Å²) in [6.45, 7) is 0. The molecule has 1 heterocycles. The van der Waals surface area contributed by atoms with Crippen LogP contribution in [-0.4, -0.2) is 15.6 Å². The van der Waals surface area contributed by atoms with Gasteiger partial charge < -0.3 is 10.6 Å². The average molecular weight is 507 g/mol. The van der Waals surface area contributed by atoms with E-state index in [1.807, 2.05) is 109 Å². The molecule has 39 heavy (non-hydrogen) atoms. The van der Waals surface area contributed by atoms with Crippen molar-refractivity contribution >= 4 is 17.4 Å². The Hall–Kier alpha value is -5.42. The third-order valence-electron chi connectivity index (χ3n) is 6.42.